The van der Waals surface area contributed by atoms with Crippen LogP contribution in [0.5, 0.6) is 0 Å². The summed E-state index contributed by atoms with van der Waals surface area (Å²) in [5, 5.41) is 2.49. The van der Waals surface area contributed by atoms with Crippen molar-refractivity contribution in [2.75, 3.05) is 14.7 Å². The predicted molar refractivity (Wildman–Crippen MR) is 309 cm³/mol. The van der Waals surface area contributed by atoms with Gasteiger partial charge in [0.2, 0.25) is 0 Å². The first kappa shape index (κ1) is 42.0. The standard InChI is InChI=1S/C71H47N3/c1-4-20-51(21-5-1)72(52-22-6-2-7-23-52)55-39-41-56(42-40-55)74-68-45-36-50(46-63(68)62-29-16-18-49-19-17-33-69(74)70(49)62)48-34-37-54(38-35-48)73(53-24-8-3-9-25-53)57-43-44-61-60-28-12-15-32-66(60)71(67(61)47-57)64-30-13-10-26-58(64)59-27-11-14-31-65(59)71/h1-47H. The van der Waals surface area contributed by atoms with Crippen molar-refractivity contribution in [3.05, 3.63) is 307 Å². The lowest BCUT2D eigenvalue weighted by molar-refractivity contribution is 0.793. The molecule has 1 heterocycles. The van der Waals surface area contributed by atoms with Gasteiger partial charge in [-0.2, -0.15) is 0 Å². The van der Waals surface area contributed by atoms with Gasteiger partial charge in [0, 0.05) is 50.8 Å². The normalized spacial score (nSPS) is 12.9. The lowest BCUT2D eigenvalue weighted by Gasteiger charge is -2.34. The Kier molecular flexibility index (Phi) is 9.48. The van der Waals surface area contributed by atoms with Gasteiger partial charge in [-0.05, 0) is 170 Å². The van der Waals surface area contributed by atoms with E-state index < -0.39 is 5.41 Å². The second-order valence-electron chi connectivity index (χ2n) is 19.6. The van der Waals surface area contributed by atoms with E-state index in [2.05, 4.69) is 300 Å². The van der Waals surface area contributed by atoms with Crippen molar-refractivity contribution < 1.29 is 0 Å². The molecule has 0 amide bonds. The number of benzene rings is 12. The molecular formula is C71H47N3. The van der Waals surface area contributed by atoms with Gasteiger partial charge in [-0.25, -0.2) is 0 Å². The van der Waals surface area contributed by atoms with Crippen molar-refractivity contribution >= 4 is 62.0 Å². The van der Waals surface area contributed by atoms with Crippen LogP contribution >= 0.6 is 0 Å². The molecule has 0 saturated carbocycles. The number of hydrogen-bond donors (Lipinski definition) is 0. The van der Waals surface area contributed by atoms with E-state index >= 15 is 0 Å². The minimum absolute atomic E-state index is 0.427. The van der Waals surface area contributed by atoms with Crippen LogP contribution in [-0.2, 0) is 5.41 Å². The lowest BCUT2D eigenvalue weighted by atomic mass is 9.70. The summed E-state index contributed by atoms with van der Waals surface area (Å²) in [5.41, 5.74) is 25.1. The van der Waals surface area contributed by atoms with Gasteiger partial charge in [0.25, 0.3) is 0 Å². The SMILES string of the molecule is c1ccc(N(c2ccccc2)c2ccc(N3c4ccc(-c5ccc(N(c6ccccc6)c6ccc7c(c6)C6(c8ccccc8-c8ccccc86)c6ccccc6-7)cc5)cc4-c4cccc5cccc3c45)cc2)cc1. The summed E-state index contributed by atoms with van der Waals surface area (Å²) in [6, 6.07) is 105. The summed E-state index contributed by atoms with van der Waals surface area (Å²) in [7, 11) is 0. The molecule has 12 aromatic rings. The molecule has 1 spiro atoms. The van der Waals surface area contributed by atoms with Crippen LogP contribution in [-0.4, -0.2) is 0 Å². The summed E-state index contributed by atoms with van der Waals surface area (Å²) < 4.78 is 0. The summed E-state index contributed by atoms with van der Waals surface area (Å²) in [6.07, 6.45) is 0. The Morgan fingerprint density at radius 3 is 1.26 bits per heavy atom. The van der Waals surface area contributed by atoms with Crippen LogP contribution in [0.4, 0.5) is 51.2 Å². The number of hydrogen-bond acceptors (Lipinski definition) is 3. The first-order valence-corrected chi connectivity index (χ1v) is 25.6. The van der Waals surface area contributed by atoms with Crippen LogP contribution in [0.3, 0.4) is 0 Å². The number of anilines is 9. The van der Waals surface area contributed by atoms with E-state index in [-0.39, 0.29) is 0 Å². The van der Waals surface area contributed by atoms with Gasteiger partial charge in [0.1, 0.15) is 0 Å². The lowest BCUT2D eigenvalue weighted by Crippen LogP contribution is -2.26. The van der Waals surface area contributed by atoms with Crippen molar-refractivity contribution in [2.45, 2.75) is 5.41 Å². The molecule has 0 unspecified atom stereocenters. The fourth-order valence-corrected chi connectivity index (χ4v) is 12.7. The molecule has 0 radical (unpaired) electrons. The average Bonchev–Trinajstić information content (AvgIpc) is 4.06. The average molecular weight is 942 g/mol. The van der Waals surface area contributed by atoms with Gasteiger partial charge >= 0.3 is 0 Å². The number of fused-ring (bicyclic) bond motifs is 12. The van der Waals surface area contributed by atoms with E-state index in [1.165, 1.54) is 77.7 Å². The highest BCUT2D eigenvalue weighted by Gasteiger charge is 2.51. The van der Waals surface area contributed by atoms with Crippen molar-refractivity contribution in [3.8, 4) is 44.5 Å². The van der Waals surface area contributed by atoms with E-state index in [0.717, 1.165) is 51.1 Å². The van der Waals surface area contributed by atoms with Crippen LogP contribution < -0.4 is 14.7 Å². The third-order valence-electron chi connectivity index (χ3n) is 15.8. The van der Waals surface area contributed by atoms with Crippen LogP contribution in [0, 0.1) is 0 Å². The topological polar surface area (TPSA) is 9.72 Å². The number of nitrogens with zero attached hydrogens (tertiary/aromatic N) is 3. The van der Waals surface area contributed by atoms with Crippen molar-refractivity contribution in [1.29, 1.82) is 0 Å². The quantitative estimate of drug-likeness (QED) is 0.150. The molecule has 3 aliphatic rings. The molecule has 0 bridgehead atoms. The second-order valence-corrected chi connectivity index (χ2v) is 19.6. The van der Waals surface area contributed by atoms with E-state index in [1.807, 2.05) is 0 Å². The summed E-state index contributed by atoms with van der Waals surface area (Å²) in [6.45, 7) is 0. The van der Waals surface area contributed by atoms with Crippen LogP contribution in [0.15, 0.2) is 285 Å². The maximum atomic E-state index is 2.47. The highest BCUT2D eigenvalue weighted by atomic mass is 15.2. The molecule has 15 rings (SSSR count). The van der Waals surface area contributed by atoms with Gasteiger partial charge in [0.05, 0.1) is 16.8 Å². The smallest absolute Gasteiger partial charge is 0.0726 e. The molecule has 12 aromatic carbocycles. The van der Waals surface area contributed by atoms with Crippen molar-refractivity contribution in [1.82, 2.24) is 0 Å². The molecule has 346 valence electrons. The fraction of sp³-hybridized carbons (Fsp3) is 0.0141. The van der Waals surface area contributed by atoms with Gasteiger partial charge in [0.15, 0.2) is 0 Å². The summed E-state index contributed by atoms with van der Waals surface area (Å²) in [4.78, 5) is 7.17. The molecule has 0 atom stereocenters. The zero-order valence-electron chi connectivity index (χ0n) is 40.5. The Morgan fingerprint density at radius 1 is 0.257 bits per heavy atom. The number of para-hydroxylation sites is 3. The maximum absolute atomic E-state index is 2.47. The Labute approximate surface area is 431 Å². The molecule has 2 aliphatic carbocycles. The molecule has 3 nitrogen and oxygen atoms in total. The van der Waals surface area contributed by atoms with Crippen molar-refractivity contribution in [3.63, 3.8) is 0 Å². The molecule has 0 fully saturated rings. The minimum Gasteiger partial charge on any atom is -0.311 e. The third-order valence-corrected chi connectivity index (χ3v) is 15.8. The predicted octanol–water partition coefficient (Wildman–Crippen LogP) is 19.2. The summed E-state index contributed by atoms with van der Waals surface area (Å²) in [5.74, 6) is 0. The molecule has 0 N–H and O–H groups in total. The largest absolute Gasteiger partial charge is 0.311 e. The molecule has 3 heteroatoms. The third kappa shape index (κ3) is 6.27. The van der Waals surface area contributed by atoms with Gasteiger partial charge < -0.3 is 14.7 Å². The second kappa shape index (κ2) is 16.7. The molecule has 74 heavy (non-hydrogen) atoms. The highest BCUT2D eigenvalue weighted by molar-refractivity contribution is 6.14. The first-order chi connectivity index (χ1) is 36.7. The Hall–Kier alpha value is -9.70. The Balaban J connectivity index is 0.823. The summed E-state index contributed by atoms with van der Waals surface area (Å²) >= 11 is 0. The minimum atomic E-state index is -0.427. The Bertz CT molecular complexity index is 4020. The molecular weight excluding hydrogens is 895 g/mol. The zero-order valence-corrected chi connectivity index (χ0v) is 40.5. The Morgan fingerprint density at radius 2 is 0.689 bits per heavy atom. The van der Waals surface area contributed by atoms with Gasteiger partial charge in [-0.3, -0.25) is 0 Å². The molecule has 0 aromatic heterocycles. The van der Waals surface area contributed by atoms with Crippen molar-refractivity contribution in [2.24, 2.45) is 0 Å². The van der Waals surface area contributed by atoms with Crippen LogP contribution in [0.2, 0.25) is 0 Å². The fourth-order valence-electron chi connectivity index (χ4n) is 12.7. The molecule has 0 saturated heterocycles. The van der Waals surface area contributed by atoms with Gasteiger partial charge in [-0.1, -0.05) is 182 Å². The van der Waals surface area contributed by atoms with E-state index in [9.17, 15) is 0 Å². The van der Waals surface area contributed by atoms with E-state index in [1.54, 1.807) is 0 Å². The first-order valence-electron chi connectivity index (χ1n) is 25.6. The van der Waals surface area contributed by atoms with Crippen LogP contribution in [0.1, 0.15) is 22.3 Å². The maximum Gasteiger partial charge on any atom is 0.0726 e. The van der Waals surface area contributed by atoms with Gasteiger partial charge in [-0.15, -0.1) is 0 Å². The van der Waals surface area contributed by atoms with E-state index in [0.29, 0.717) is 0 Å². The molecule has 1 aliphatic heterocycles. The van der Waals surface area contributed by atoms with Crippen LogP contribution in [0.25, 0.3) is 55.3 Å². The zero-order chi connectivity index (χ0) is 48.7. The van der Waals surface area contributed by atoms with E-state index in [4.69, 9.17) is 0 Å². The monoisotopic (exact) mass is 941 g/mol. The number of rotatable bonds is 8. The highest BCUT2D eigenvalue weighted by Crippen LogP contribution is 2.63.